The van der Waals surface area contributed by atoms with Gasteiger partial charge < -0.3 is 9.67 Å². The molecular weight excluding hydrogens is 192 g/mol. The lowest BCUT2D eigenvalue weighted by Crippen LogP contribution is -2.15. The average molecular weight is 208 g/mol. The van der Waals surface area contributed by atoms with E-state index in [0.29, 0.717) is 0 Å². The van der Waals surface area contributed by atoms with Gasteiger partial charge in [-0.15, -0.1) is 0 Å². The van der Waals surface area contributed by atoms with Crippen molar-refractivity contribution >= 4 is 5.97 Å². The van der Waals surface area contributed by atoms with Crippen molar-refractivity contribution in [3.8, 4) is 0 Å². The monoisotopic (exact) mass is 208 g/mol. The first-order valence-electron chi connectivity index (χ1n) is 5.44. The number of hydrogen-bond donors (Lipinski definition) is 1. The molecule has 4 nitrogen and oxygen atoms in total. The summed E-state index contributed by atoms with van der Waals surface area (Å²) in [7, 11) is 0. The van der Waals surface area contributed by atoms with Crippen molar-refractivity contribution in [1.82, 2.24) is 9.55 Å². The van der Waals surface area contributed by atoms with Crippen LogP contribution in [0, 0.1) is 0 Å². The second kappa shape index (κ2) is 3.68. The van der Waals surface area contributed by atoms with E-state index in [1.165, 1.54) is 0 Å². The van der Waals surface area contributed by atoms with Gasteiger partial charge in [0.15, 0.2) is 0 Å². The van der Waals surface area contributed by atoms with Crippen LogP contribution >= 0.6 is 0 Å². The topological polar surface area (TPSA) is 55.1 Å². The minimum absolute atomic E-state index is 0.172. The number of aromatic nitrogens is 2. The van der Waals surface area contributed by atoms with Crippen LogP contribution in [0.2, 0.25) is 0 Å². The van der Waals surface area contributed by atoms with Crippen molar-refractivity contribution < 1.29 is 9.90 Å². The summed E-state index contributed by atoms with van der Waals surface area (Å²) >= 11 is 0. The van der Waals surface area contributed by atoms with Crippen LogP contribution in [0.1, 0.15) is 54.7 Å². The molecule has 1 heterocycles. The Morgan fingerprint density at radius 3 is 2.67 bits per heavy atom. The summed E-state index contributed by atoms with van der Waals surface area (Å²) in [4.78, 5) is 15.3. The van der Waals surface area contributed by atoms with E-state index in [1.54, 1.807) is 0 Å². The van der Waals surface area contributed by atoms with E-state index in [2.05, 4.69) is 4.98 Å². The van der Waals surface area contributed by atoms with Crippen LogP contribution in [-0.2, 0) is 12.8 Å². The van der Waals surface area contributed by atoms with E-state index < -0.39 is 5.97 Å². The first-order valence-corrected chi connectivity index (χ1v) is 5.44. The van der Waals surface area contributed by atoms with Crippen molar-refractivity contribution in [2.45, 2.75) is 45.6 Å². The highest BCUT2D eigenvalue weighted by molar-refractivity contribution is 5.84. The molecule has 0 aliphatic heterocycles. The standard InChI is InChI=1S/C11H16N2O2/c1-7(2)13-9-6-4-3-5-8(9)12-10(13)11(14)15/h7H,3-6H2,1-2H3,(H,14,15). The lowest BCUT2D eigenvalue weighted by atomic mass is 10.0. The Labute approximate surface area is 88.9 Å². The Bertz CT molecular complexity index is 394. The summed E-state index contributed by atoms with van der Waals surface area (Å²) in [5.74, 6) is -0.713. The van der Waals surface area contributed by atoms with Gasteiger partial charge in [-0.1, -0.05) is 0 Å². The number of rotatable bonds is 2. The molecule has 4 heteroatoms. The summed E-state index contributed by atoms with van der Waals surface area (Å²) in [5.41, 5.74) is 2.13. The molecule has 0 saturated carbocycles. The van der Waals surface area contributed by atoms with Gasteiger partial charge in [0.1, 0.15) is 0 Å². The zero-order valence-corrected chi connectivity index (χ0v) is 9.16. The van der Waals surface area contributed by atoms with Gasteiger partial charge in [0.2, 0.25) is 5.82 Å². The van der Waals surface area contributed by atoms with Gasteiger partial charge in [-0.05, 0) is 39.5 Å². The molecule has 0 atom stereocenters. The van der Waals surface area contributed by atoms with Crippen LogP contribution in [0.3, 0.4) is 0 Å². The van der Waals surface area contributed by atoms with Gasteiger partial charge in [-0.3, -0.25) is 0 Å². The third kappa shape index (κ3) is 1.64. The lowest BCUT2D eigenvalue weighted by Gasteiger charge is -2.17. The Morgan fingerprint density at radius 2 is 2.07 bits per heavy atom. The molecule has 0 unspecified atom stereocenters. The van der Waals surface area contributed by atoms with Crippen LogP contribution in [0.15, 0.2) is 0 Å². The Hall–Kier alpha value is -1.32. The SMILES string of the molecule is CC(C)n1c(C(=O)O)nc2c1CCCC2. The summed E-state index contributed by atoms with van der Waals surface area (Å²) in [6.45, 7) is 4.01. The zero-order valence-electron chi connectivity index (χ0n) is 9.16. The molecule has 0 spiro atoms. The smallest absolute Gasteiger partial charge is 0.372 e. The number of carboxylic acids is 1. The van der Waals surface area contributed by atoms with Gasteiger partial charge >= 0.3 is 5.97 Å². The first kappa shape index (κ1) is 10.2. The van der Waals surface area contributed by atoms with Crippen LogP contribution in [0.5, 0.6) is 0 Å². The summed E-state index contributed by atoms with van der Waals surface area (Å²) in [6.07, 6.45) is 4.16. The minimum Gasteiger partial charge on any atom is -0.475 e. The van der Waals surface area contributed by atoms with Gasteiger partial charge in [0.25, 0.3) is 0 Å². The second-order valence-electron chi connectivity index (χ2n) is 4.30. The molecule has 1 aromatic heterocycles. The van der Waals surface area contributed by atoms with Crippen molar-refractivity contribution in [3.05, 3.63) is 17.2 Å². The quantitative estimate of drug-likeness (QED) is 0.809. The number of carboxylic acid groups (broad SMARTS) is 1. The van der Waals surface area contributed by atoms with Crippen molar-refractivity contribution in [3.63, 3.8) is 0 Å². The van der Waals surface area contributed by atoms with Crippen LogP contribution < -0.4 is 0 Å². The van der Waals surface area contributed by atoms with Crippen LogP contribution in [0.4, 0.5) is 0 Å². The summed E-state index contributed by atoms with van der Waals surface area (Å²) in [5, 5.41) is 9.08. The minimum atomic E-state index is -0.918. The lowest BCUT2D eigenvalue weighted by molar-refractivity contribution is 0.0676. The number of hydrogen-bond acceptors (Lipinski definition) is 2. The maximum atomic E-state index is 11.1. The van der Waals surface area contributed by atoms with Crippen LogP contribution in [-0.4, -0.2) is 20.6 Å². The fourth-order valence-electron chi connectivity index (χ4n) is 2.27. The highest BCUT2D eigenvalue weighted by Gasteiger charge is 2.24. The molecule has 0 aromatic carbocycles. The molecule has 1 N–H and O–H groups in total. The normalized spacial score (nSPS) is 15.4. The van der Waals surface area contributed by atoms with Crippen molar-refractivity contribution in [1.29, 1.82) is 0 Å². The zero-order chi connectivity index (χ0) is 11.0. The molecule has 0 fully saturated rings. The number of aromatic carboxylic acids is 1. The Morgan fingerprint density at radius 1 is 1.40 bits per heavy atom. The third-order valence-corrected chi connectivity index (χ3v) is 2.88. The van der Waals surface area contributed by atoms with Gasteiger partial charge in [0.05, 0.1) is 5.69 Å². The highest BCUT2D eigenvalue weighted by Crippen LogP contribution is 2.25. The first-order chi connectivity index (χ1) is 7.11. The average Bonchev–Trinajstić information content (AvgIpc) is 2.56. The Kier molecular flexibility index (Phi) is 2.50. The molecular formula is C11H16N2O2. The van der Waals surface area contributed by atoms with E-state index in [0.717, 1.165) is 37.1 Å². The summed E-state index contributed by atoms with van der Waals surface area (Å²) < 4.78 is 1.87. The van der Waals surface area contributed by atoms with Gasteiger partial charge in [0, 0.05) is 11.7 Å². The molecule has 0 amide bonds. The number of fused-ring (bicyclic) bond motifs is 1. The molecule has 0 radical (unpaired) electrons. The van der Waals surface area contributed by atoms with Gasteiger partial charge in [-0.2, -0.15) is 0 Å². The van der Waals surface area contributed by atoms with E-state index in [4.69, 9.17) is 5.11 Å². The molecule has 0 saturated heterocycles. The predicted molar refractivity (Wildman–Crippen MR) is 56.2 cm³/mol. The van der Waals surface area contributed by atoms with E-state index >= 15 is 0 Å². The fourth-order valence-corrected chi connectivity index (χ4v) is 2.27. The maximum Gasteiger partial charge on any atom is 0.372 e. The molecule has 15 heavy (non-hydrogen) atoms. The molecule has 1 aliphatic rings. The largest absolute Gasteiger partial charge is 0.475 e. The number of imidazole rings is 1. The van der Waals surface area contributed by atoms with Crippen molar-refractivity contribution in [2.75, 3.05) is 0 Å². The second-order valence-corrected chi connectivity index (χ2v) is 4.30. The molecule has 1 aliphatic carbocycles. The fraction of sp³-hybridized carbons (Fsp3) is 0.636. The van der Waals surface area contributed by atoms with Gasteiger partial charge in [-0.25, -0.2) is 9.78 Å². The molecule has 82 valence electrons. The molecule has 0 bridgehead atoms. The van der Waals surface area contributed by atoms with E-state index in [1.807, 2.05) is 18.4 Å². The number of aryl methyl sites for hydroxylation is 1. The predicted octanol–water partition coefficient (Wildman–Crippen LogP) is 2.04. The molecule has 2 rings (SSSR count). The van der Waals surface area contributed by atoms with E-state index in [-0.39, 0.29) is 11.9 Å². The number of carbonyl (C=O) groups is 1. The highest BCUT2D eigenvalue weighted by atomic mass is 16.4. The Balaban J connectivity index is 2.56. The van der Waals surface area contributed by atoms with E-state index in [9.17, 15) is 4.79 Å². The number of nitrogens with zero attached hydrogens (tertiary/aromatic N) is 2. The van der Waals surface area contributed by atoms with Crippen molar-refractivity contribution in [2.24, 2.45) is 0 Å². The van der Waals surface area contributed by atoms with Crippen LogP contribution in [0.25, 0.3) is 0 Å². The third-order valence-electron chi connectivity index (χ3n) is 2.88. The molecule has 1 aromatic rings. The maximum absolute atomic E-state index is 11.1. The summed E-state index contributed by atoms with van der Waals surface area (Å²) in [6, 6.07) is 0.172.